The predicted molar refractivity (Wildman–Crippen MR) is 85.5 cm³/mol. The van der Waals surface area contributed by atoms with Gasteiger partial charge in [-0.05, 0) is 54.4 Å². The summed E-state index contributed by atoms with van der Waals surface area (Å²) < 4.78 is 27.6. The van der Waals surface area contributed by atoms with Crippen molar-refractivity contribution in [3.05, 3.63) is 69.7 Å². The Hall–Kier alpha value is -1.26. The van der Waals surface area contributed by atoms with Crippen molar-refractivity contribution < 1.29 is 8.78 Å². The van der Waals surface area contributed by atoms with E-state index in [-0.39, 0.29) is 17.6 Å². The molecule has 1 atom stereocenters. The average molecular weight is 354 g/mol. The minimum Gasteiger partial charge on any atom is -0.316 e. The highest BCUT2D eigenvalue weighted by Crippen LogP contribution is 2.24. The predicted octanol–water partition coefficient (Wildman–Crippen LogP) is 4.66. The zero-order chi connectivity index (χ0) is 15.2. The molecule has 0 fully saturated rings. The first-order chi connectivity index (χ1) is 10.1. The summed E-state index contributed by atoms with van der Waals surface area (Å²) in [6, 6.07) is 11.5. The Morgan fingerprint density at radius 1 is 1.10 bits per heavy atom. The monoisotopic (exact) mass is 353 g/mol. The van der Waals surface area contributed by atoms with Gasteiger partial charge in [-0.1, -0.05) is 35.0 Å². The molecule has 112 valence electrons. The molecule has 0 aliphatic carbocycles. The first-order valence-electron chi connectivity index (χ1n) is 6.99. The van der Waals surface area contributed by atoms with Crippen LogP contribution in [-0.4, -0.2) is 13.1 Å². The zero-order valence-electron chi connectivity index (χ0n) is 11.9. The summed E-state index contributed by atoms with van der Waals surface area (Å²) in [6.07, 6.45) is 0.660. The van der Waals surface area contributed by atoms with Gasteiger partial charge in [0.1, 0.15) is 11.6 Å². The molecule has 0 saturated heterocycles. The standard InChI is InChI=1S/C17H18BrF2N/c1-2-21-11-14(13-4-3-5-16(19)9-13)6-12-7-15(18)10-17(20)8-12/h3-5,7-10,14,21H,2,6,11H2,1H3. The maximum absolute atomic E-state index is 13.5. The molecule has 0 bridgehead atoms. The van der Waals surface area contributed by atoms with Crippen LogP contribution in [0.1, 0.15) is 24.0 Å². The van der Waals surface area contributed by atoms with Crippen LogP contribution in [0.25, 0.3) is 0 Å². The Morgan fingerprint density at radius 2 is 1.90 bits per heavy atom. The van der Waals surface area contributed by atoms with E-state index < -0.39 is 0 Å². The maximum atomic E-state index is 13.5. The van der Waals surface area contributed by atoms with Gasteiger partial charge in [0.2, 0.25) is 0 Å². The second-order valence-corrected chi connectivity index (χ2v) is 5.96. The largest absolute Gasteiger partial charge is 0.316 e. The molecule has 21 heavy (non-hydrogen) atoms. The molecule has 0 aliphatic rings. The van der Waals surface area contributed by atoms with Gasteiger partial charge in [-0.15, -0.1) is 0 Å². The molecule has 4 heteroatoms. The maximum Gasteiger partial charge on any atom is 0.124 e. The molecule has 0 spiro atoms. The van der Waals surface area contributed by atoms with E-state index in [1.54, 1.807) is 12.1 Å². The van der Waals surface area contributed by atoms with Crippen molar-refractivity contribution in [2.75, 3.05) is 13.1 Å². The molecule has 0 heterocycles. The van der Waals surface area contributed by atoms with Gasteiger partial charge in [0.15, 0.2) is 0 Å². The Balaban J connectivity index is 2.23. The highest BCUT2D eigenvalue weighted by Gasteiger charge is 2.14. The second-order valence-electron chi connectivity index (χ2n) is 5.04. The normalized spacial score (nSPS) is 12.4. The third kappa shape index (κ3) is 4.90. The molecule has 1 nitrogen and oxygen atoms in total. The van der Waals surface area contributed by atoms with Crippen molar-refractivity contribution >= 4 is 15.9 Å². The van der Waals surface area contributed by atoms with Gasteiger partial charge in [-0.2, -0.15) is 0 Å². The first kappa shape index (κ1) is 16.1. The van der Waals surface area contributed by atoms with E-state index in [1.807, 2.05) is 19.1 Å². The quantitative estimate of drug-likeness (QED) is 0.795. The molecule has 0 aromatic heterocycles. The van der Waals surface area contributed by atoms with E-state index in [9.17, 15) is 8.78 Å². The zero-order valence-corrected chi connectivity index (χ0v) is 13.5. The summed E-state index contributed by atoms with van der Waals surface area (Å²) in [7, 11) is 0. The molecule has 1 N–H and O–H groups in total. The summed E-state index contributed by atoms with van der Waals surface area (Å²) in [5.41, 5.74) is 1.82. The van der Waals surface area contributed by atoms with Crippen LogP contribution < -0.4 is 5.32 Å². The molecule has 0 saturated carbocycles. The second kappa shape index (κ2) is 7.66. The minimum atomic E-state index is -0.263. The first-order valence-corrected chi connectivity index (χ1v) is 7.79. The lowest BCUT2D eigenvalue weighted by Gasteiger charge is -2.18. The molecule has 2 aromatic rings. The van der Waals surface area contributed by atoms with Crippen LogP contribution in [0.15, 0.2) is 46.9 Å². The minimum absolute atomic E-state index is 0.106. The molecule has 2 rings (SSSR count). The molecule has 0 radical (unpaired) electrons. The molecule has 0 amide bonds. The number of hydrogen-bond donors (Lipinski definition) is 1. The van der Waals surface area contributed by atoms with Crippen LogP contribution in [0, 0.1) is 11.6 Å². The SMILES string of the molecule is CCNCC(Cc1cc(F)cc(Br)c1)c1cccc(F)c1. The lowest BCUT2D eigenvalue weighted by Crippen LogP contribution is -2.22. The van der Waals surface area contributed by atoms with Gasteiger partial charge in [0, 0.05) is 16.9 Å². The van der Waals surface area contributed by atoms with E-state index in [0.717, 1.165) is 28.7 Å². The lowest BCUT2D eigenvalue weighted by molar-refractivity contribution is 0.578. The van der Waals surface area contributed by atoms with E-state index in [4.69, 9.17) is 0 Å². The van der Waals surface area contributed by atoms with Crippen molar-refractivity contribution in [2.24, 2.45) is 0 Å². The smallest absolute Gasteiger partial charge is 0.124 e. The van der Waals surface area contributed by atoms with Gasteiger partial charge in [0.05, 0.1) is 0 Å². The van der Waals surface area contributed by atoms with E-state index in [1.165, 1.54) is 18.2 Å². The van der Waals surface area contributed by atoms with Gasteiger partial charge in [0.25, 0.3) is 0 Å². The number of benzene rings is 2. The number of rotatable bonds is 6. The van der Waals surface area contributed by atoms with Gasteiger partial charge in [-0.25, -0.2) is 8.78 Å². The van der Waals surface area contributed by atoms with Crippen molar-refractivity contribution in [3.63, 3.8) is 0 Å². The van der Waals surface area contributed by atoms with Crippen LogP contribution in [0.2, 0.25) is 0 Å². The van der Waals surface area contributed by atoms with Gasteiger partial charge < -0.3 is 5.32 Å². The summed E-state index contributed by atoms with van der Waals surface area (Å²) >= 11 is 3.31. The topological polar surface area (TPSA) is 12.0 Å². The van der Waals surface area contributed by atoms with Crippen molar-refractivity contribution in [3.8, 4) is 0 Å². The molecular formula is C17H18BrF2N. The summed E-state index contributed by atoms with van der Waals surface area (Å²) in [6.45, 7) is 3.61. The Morgan fingerprint density at radius 3 is 2.57 bits per heavy atom. The number of likely N-dealkylation sites (N-methyl/N-ethyl adjacent to an activating group) is 1. The fourth-order valence-corrected chi connectivity index (χ4v) is 2.91. The molecule has 0 aliphatic heterocycles. The van der Waals surface area contributed by atoms with Crippen LogP contribution in [0.4, 0.5) is 8.78 Å². The van der Waals surface area contributed by atoms with Crippen LogP contribution in [0.3, 0.4) is 0 Å². The van der Waals surface area contributed by atoms with E-state index in [2.05, 4.69) is 21.2 Å². The fraction of sp³-hybridized carbons (Fsp3) is 0.294. The van der Waals surface area contributed by atoms with Gasteiger partial charge in [-0.3, -0.25) is 0 Å². The molecular weight excluding hydrogens is 336 g/mol. The van der Waals surface area contributed by atoms with Crippen molar-refractivity contribution in [1.82, 2.24) is 5.32 Å². The van der Waals surface area contributed by atoms with Gasteiger partial charge >= 0.3 is 0 Å². The highest BCUT2D eigenvalue weighted by molar-refractivity contribution is 9.10. The van der Waals surface area contributed by atoms with Crippen molar-refractivity contribution in [2.45, 2.75) is 19.3 Å². The number of halogens is 3. The van der Waals surface area contributed by atoms with Crippen LogP contribution in [-0.2, 0) is 6.42 Å². The average Bonchev–Trinajstić information content (AvgIpc) is 2.42. The van der Waals surface area contributed by atoms with E-state index >= 15 is 0 Å². The summed E-state index contributed by atoms with van der Waals surface area (Å²) in [5.74, 6) is -0.399. The molecule has 2 aromatic carbocycles. The number of hydrogen-bond acceptors (Lipinski definition) is 1. The Labute approximate surface area is 132 Å². The van der Waals surface area contributed by atoms with Crippen LogP contribution >= 0.6 is 15.9 Å². The highest BCUT2D eigenvalue weighted by atomic mass is 79.9. The summed E-state index contributed by atoms with van der Waals surface area (Å²) in [4.78, 5) is 0. The summed E-state index contributed by atoms with van der Waals surface area (Å²) in [5, 5.41) is 3.29. The van der Waals surface area contributed by atoms with Crippen molar-refractivity contribution in [1.29, 1.82) is 0 Å². The Bertz CT molecular complexity index is 581. The lowest BCUT2D eigenvalue weighted by atomic mass is 9.91. The Kier molecular flexibility index (Phi) is 5.88. The number of nitrogens with one attached hydrogen (secondary N) is 1. The van der Waals surface area contributed by atoms with E-state index in [0.29, 0.717) is 6.42 Å². The third-order valence-electron chi connectivity index (χ3n) is 3.37. The van der Waals surface area contributed by atoms with Crippen LogP contribution in [0.5, 0.6) is 0 Å². The fourth-order valence-electron chi connectivity index (χ4n) is 2.40. The third-order valence-corrected chi connectivity index (χ3v) is 3.82. The molecule has 1 unspecified atom stereocenters.